The van der Waals surface area contributed by atoms with Crippen LogP contribution < -0.4 is 4.74 Å². The summed E-state index contributed by atoms with van der Waals surface area (Å²) in [6.45, 7) is 13.5. The zero-order valence-corrected chi connectivity index (χ0v) is 13.6. The van der Waals surface area contributed by atoms with Gasteiger partial charge < -0.3 is 9.47 Å². The molecular weight excluding hydrogens is 252 g/mol. The van der Waals surface area contributed by atoms with Gasteiger partial charge in [-0.2, -0.15) is 0 Å². The molecule has 0 N–H and O–H groups in total. The molecule has 112 valence electrons. The Morgan fingerprint density at radius 3 is 2.25 bits per heavy atom. The summed E-state index contributed by atoms with van der Waals surface area (Å²) in [6, 6.07) is 6.11. The van der Waals surface area contributed by atoms with Gasteiger partial charge in [0.15, 0.2) is 6.10 Å². The highest BCUT2D eigenvalue weighted by Gasteiger charge is 2.23. The van der Waals surface area contributed by atoms with E-state index in [0.717, 1.165) is 11.3 Å². The molecule has 0 radical (unpaired) electrons. The highest BCUT2D eigenvalue weighted by molar-refractivity contribution is 5.75. The third kappa shape index (κ3) is 4.87. The van der Waals surface area contributed by atoms with Crippen LogP contribution in [0.1, 0.15) is 58.6 Å². The van der Waals surface area contributed by atoms with Crippen molar-refractivity contribution >= 4 is 5.97 Å². The molecule has 0 aliphatic heterocycles. The van der Waals surface area contributed by atoms with Gasteiger partial charge in [0.1, 0.15) is 11.4 Å². The Bertz CT molecular complexity index is 470. The number of esters is 1. The van der Waals surface area contributed by atoms with E-state index in [2.05, 4.69) is 19.9 Å². The monoisotopic (exact) mass is 278 g/mol. The number of benzene rings is 1. The van der Waals surface area contributed by atoms with Crippen molar-refractivity contribution < 1.29 is 14.3 Å². The highest BCUT2D eigenvalue weighted by atomic mass is 16.6. The summed E-state index contributed by atoms with van der Waals surface area (Å²) in [5, 5.41) is 0. The molecule has 1 rings (SSSR count). The van der Waals surface area contributed by atoms with Gasteiger partial charge in [0.05, 0.1) is 0 Å². The number of carbonyl (C=O) groups excluding carboxylic acids is 1. The smallest absolute Gasteiger partial charge is 0.347 e. The van der Waals surface area contributed by atoms with Gasteiger partial charge in [-0.25, -0.2) is 4.79 Å². The first-order valence-corrected chi connectivity index (χ1v) is 7.10. The first-order chi connectivity index (χ1) is 9.10. The number of hydrogen-bond donors (Lipinski definition) is 0. The molecule has 20 heavy (non-hydrogen) atoms. The lowest BCUT2D eigenvalue weighted by atomic mass is 10.0. The topological polar surface area (TPSA) is 35.5 Å². The van der Waals surface area contributed by atoms with Gasteiger partial charge in [-0.1, -0.05) is 26.0 Å². The van der Waals surface area contributed by atoms with E-state index in [4.69, 9.17) is 9.47 Å². The summed E-state index contributed by atoms with van der Waals surface area (Å²) in [6.07, 6.45) is -0.615. The van der Waals surface area contributed by atoms with E-state index < -0.39 is 11.7 Å². The van der Waals surface area contributed by atoms with E-state index in [1.807, 2.05) is 39.8 Å². The average Bonchev–Trinajstić information content (AvgIpc) is 2.29. The third-order valence-corrected chi connectivity index (χ3v) is 2.92. The van der Waals surface area contributed by atoms with Crippen LogP contribution in [0.3, 0.4) is 0 Å². The molecule has 0 fully saturated rings. The van der Waals surface area contributed by atoms with Crippen molar-refractivity contribution in [1.82, 2.24) is 0 Å². The van der Waals surface area contributed by atoms with Crippen LogP contribution in [0.2, 0.25) is 0 Å². The predicted molar refractivity (Wildman–Crippen MR) is 81.2 cm³/mol. The van der Waals surface area contributed by atoms with Crippen molar-refractivity contribution in [2.75, 3.05) is 0 Å². The molecule has 0 aliphatic carbocycles. The quantitative estimate of drug-likeness (QED) is 0.773. The Labute approximate surface area is 122 Å². The second-order valence-corrected chi connectivity index (χ2v) is 6.47. The van der Waals surface area contributed by atoms with Crippen molar-refractivity contribution in [3.05, 3.63) is 29.3 Å². The molecule has 3 heteroatoms. The normalized spacial score (nSPS) is 13.2. The maximum Gasteiger partial charge on any atom is 0.347 e. The summed E-state index contributed by atoms with van der Waals surface area (Å²) >= 11 is 0. The minimum atomic E-state index is -0.615. The van der Waals surface area contributed by atoms with Crippen molar-refractivity contribution in [2.24, 2.45) is 0 Å². The number of carbonyl (C=O) groups is 1. The SMILES string of the molecule is Cc1ccc(C(C)C)cc1OC(C)C(=O)OC(C)(C)C. The van der Waals surface area contributed by atoms with Crippen LogP contribution in [0.25, 0.3) is 0 Å². The van der Waals surface area contributed by atoms with Gasteiger partial charge in [-0.3, -0.25) is 0 Å². The summed E-state index contributed by atoms with van der Waals surface area (Å²) in [7, 11) is 0. The van der Waals surface area contributed by atoms with Gasteiger partial charge in [0.25, 0.3) is 0 Å². The Hall–Kier alpha value is -1.51. The minimum absolute atomic E-state index is 0.341. The average molecular weight is 278 g/mol. The molecule has 0 saturated carbocycles. The van der Waals surface area contributed by atoms with Crippen LogP contribution in [0.15, 0.2) is 18.2 Å². The van der Waals surface area contributed by atoms with E-state index in [1.165, 1.54) is 5.56 Å². The lowest BCUT2D eigenvalue weighted by Gasteiger charge is -2.23. The number of ether oxygens (including phenoxy) is 2. The second kappa shape index (κ2) is 6.29. The number of aryl methyl sites for hydroxylation is 1. The van der Waals surface area contributed by atoms with Crippen molar-refractivity contribution in [1.29, 1.82) is 0 Å². The summed E-state index contributed by atoms with van der Waals surface area (Å²) in [5.74, 6) is 0.830. The molecule has 0 aliphatic rings. The lowest BCUT2D eigenvalue weighted by Crippen LogP contribution is -2.33. The number of hydrogen-bond acceptors (Lipinski definition) is 3. The predicted octanol–water partition coefficient (Wildman–Crippen LogP) is 4.23. The Morgan fingerprint density at radius 1 is 1.15 bits per heavy atom. The highest BCUT2D eigenvalue weighted by Crippen LogP contribution is 2.25. The maximum absolute atomic E-state index is 11.9. The molecule has 0 bridgehead atoms. The Kier molecular flexibility index (Phi) is 5.21. The van der Waals surface area contributed by atoms with E-state index in [1.54, 1.807) is 6.92 Å². The molecule has 0 saturated heterocycles. The zero-order valence-electron chi connectivity index (χ0n) is 13.6. The molecular formula is C17H26O3. The maximum atomic E-state index is 11.9. The van der Waals surface area contributed by atoms with Crippen LogP contribution in [0.5, 0.6) is 5.75 Å². The van der Waals surface area contributed by atoms with E-state index >= 15 is 0 Å². The molecule has 1 unspecified atom stereocenters. The van der Waals surface area contributed by atoms with Crippen molar-refractivity contribution in [2.45, 2.75) is 66.1 Å². The third-order valence-electron chi connectivity index (χ3n) is 2.92. The largest absolute Gasteiger partial charge is 0.479 e. The van der Waals surface area contributed by atoms with Crippen LogP contribution in [0.4, 0.5) is 0 Å². The lowest BCUT2D eigenvalue weighted by molar-refractivity contribution is -0.162. The van der Waals surface area contributed by atoms with Crippen molar-refractivity contribution in [3.63, 3.8) is 0 Å². The summed E-state index contributed by atoms with van der Waals surface area (Å²) < 4.78 is 11.1. The molecule has 1 aromatic rings. The molecule has 3 nitrogen and oxygen atoms in total. The van der Waals surface area contributed by atoms with Crippen LogP contribution in [-0.4, -0.2) is 17.7 Å². The van der Waals surface area contributed by atoms with Crippen molar-refractivity contribution in [3.8, 4) is 5.75 Å². The Morgan fingerprint density at radius 2 is 1.75 bits per heavy atom. The first-order valence-electron chi connectivity index (χ1n) is 7.10. The van der Waals surface area contributed by atoms with Gasteiger partial charge >= 0.3 is 5.97 Å². The fourth-order valence-corrected chi connectivity index (χ4v) is 1.73. The molecule has 0 heterocycles. The van der Waals surface area contributed by atoms with Crippen LogP contribution >= 0.6 is 0 Å². The van der Waals surface area contributed by atoms with Gasteiger partial charge in [0.2, 0.25) is 0 Å². The fraction of sp³-hybridized carbons (Fsp3) is 0.588. The first kappa shape index (κ1) is 16.5. The van der Waals surface area contributed by atoms with Gasteiger partial charge in [-0.05, 0) is 57.7 Å². The van der Waals surface area contributed by atoms with E-state index in [0.29, 0.717) is 5.92 Å². The number of rotatable bonds is 4. The van der Waals surface area contributed by atoms with E-state index in [-0.39, 0.29) is 5.97 Å². The molecule has 0 spiro atoms. The molecule has 1 aromatic carbocycles. The Balaban J connectivity index is 2.82. The molecule has 0 amide bonds. The van der Waals surface area contributed by atoms with Gasteiger partial charge in [-0.15, -0.1) is 0 Å². The van der Waals surface area contributed by atoms with Crippen LogP contribution in [-0.2, 0) is 9.53 Å². The standard InChI is InChI=1S/C17H26O3/c1-11(2)14-9-8-12(3)15(10-14)19-13(4)16(18)20-17(5,6)7/h8-11,13H,1-7H3. The summed E-state index contributed by atoms with van der Waals surface area (Å²) in [4.78, 5) is 11.9. The summed E-state index contributed by atoms with van der Waals surface area (Å²) in [5.41, 5.74) is 1.72. The molecule has 1 atom stereocenters. The van der Waals surface area contributed by atoms with E-state index in [9.17, 15) is 4.79 Å². The minimum Gasteiger partial charge on any atom is -0.479 e. The zero-order chi connectivity index (χ0) is 15.5. The van der Waals surface area contributed by atoms with Gasteiger partial charge in [0, 0.05) is 0 Å². The van der Waals surface area contributed by atoms with Crippen LogP contribution in [0, 0.1) is 6.92 Å². The molecule has 0 aromatic heterocycles. The fourth-order valence-electron chi connectivity index (χ4n) is 1.73. The second-order valence-electron chi connectivity index (χ2n) is 6.47.